The van der Waals surface area contributed by atoms with Gasteiger partial charge in [0.1, 0.15) is 5.67 Å². The second-order valence-corrected chi connectivity index (χ2v) is 3.82. The maximum absolute atomic E-state index is 13.7. The molecular formula is C8H13FN2S. The molecule has 1 heterocycles. The topological polar surface area (TPSA) is 38.9 Å². The van der Waals surface area contributed by atoms with E-state index in [-0.39, 0.29) is 6.54 Å². The molecule has 4 heteroatoms. The fourth-order valence-electron chi connectivity index (χ4n) is 0.983. The third kappa shape index (κ3) is 2.25. The highest BCUT2D eigenvalue weighted by Gasteiger charge is 2.26. The van der Waals surface area contributed by atoms with Gasteiger partial charge in [0.05, 0.1) is 5.51 Å². The van der Waals surface area contributed by atoms with Gasteiger partial charge in [-0.3, -0.25) is 4.98 Å². The number of nitrogens with two attached hydrogens (primary N) is 1. The number of hydrogen-bond donors (Lipinski definition) is 1. The third-order valence-electron chi connectivity index (χ3n) is 1.97. The largest absolute Gasteiger partial charge is 0.328 e. The zero-order valence-corrected chi connectivity index (χ0v) is 7.90. The Balaban J connectivity index is 2.60. The van der Waals surface area contributed by atoms with Gasteiger partial charge in [0.15, 0.2) is 0 Å². The second-order valence-electron chi connectivity index (χ2n) is 2.85. The molecule has 0 aromatic carbocycles. The molecule has 68 valence electrons. The maximum atomic E-state index is 13.7. The molecule has 0 amide bonds. The van der Waals surface area contributed by atoms with Crippen LogP contribution in [0.4, 0.5) is 4.39 Å². The highest BCUT2D eigenvalue weighted by atomic mass is 32.1. The van der Waals surface area contributed by atoms with Crippen molar-refractivity contribution in [2.75, 3.05) is 6.54 Å². The first-order valence-electron chi connectivity index (χ1n) is 3.96. The summed E-state index contributed by atoms with van der Waals surface area (Å²) in [5, 5.41) is 0. The van der Waals surface area contributed by atoms with Crippen LogP contribution in [0.3, 0.4) is 0 Å². The number of aromatic nitrogens is 1. The van der Waals surface area contributed by atoms with Gasteiger partial charge >= 0.3 is 0 Å². The van der Waals surface area contributed by atoms with Crippen LogP contribution < -0.4 is 5.73 Å². The van der Waals surface area contributed by atoms with E-state index in [2.05, 4.69) is 4.98 Å². The molecule has 0 saturated heterocycles. The average Bonchev–Trinajstić information content (AvgIpc) is 2.57. The molecule has 12 heavy (non-hydrogen) atoms. The van der Waals surface area contributed by atoms with Crippen molar-refractivity contribution >= 4 is 11.3 Å². The van der Waals surface area contributed by atoms with Crippen LogP contribution in [0.15, 0.2) is 11.7 Å². The van der Waals surface area contributed by atoms with Crippen molar-refractivity contribution in [3.8, 4) is 0 Å². The van der Waals surface area contributed by atoms with E-state index in [0.717, 1.165) is 4.88 Å². The van der Waals surface area contributed by atoms with Gasteiger partial charge in [-0.25, -0.2) is 4.39 Å². The summed E-state index contributed by atoms with van der Waals surface area (Å²) in [5.74, 6) is 0. The molecule has 0 fully saturated rings. The normalized spacial score (nSPS) is 15.9. The summed E-state index contributed by atoms with van der Waals surface area (Å²) in [4.78, 5) is 4.85. The molecule has 2 nitrogen and oxygen atoms in total. The number of rotatable bonds is 4. The highest BCUT2D eigenvalue weighted by Crippen LogP contribution is 2.22. The van der Waals surface area contributed by atoms with Crippen LogP contribution in [0.1, 0.15) is 18.2 Å². The predicted octanol–water partition coefficient (Wildman–Crippen LogP) is 1.76. The van der Waals surface area contributed by atoms with Gasteiger partial charge in [-0.1, -0.05) is 6.92 Å². The van der Waals surface area contributed by atoms with Gasteiger partial charge in [0.2, 0.25) is 0 Å². The zero-order chi connectivity index (χ0) is 9.03. The first-order chi connectivity index (χ1) is 5.70. The minimum Gasteiger partial charge on any atom is -0.328 e. The molecule has 0 aliphatic carbocycles. The van der Waals surface area contributed by atoms with E-state index in [9.17, 15) is 4.39 Å². The van der Waals surface area contributed by atoms with E-state index in [1.807, 2.05) is 6.92 Å². The minimum absolute atomic E-state index is 0.0847. The van der Waals surface area contributed by atoms with Crippen molar-refractivity contribution in [2.45, 2.75) is 25.4 Å². The van der Waals surface area contributed by atoms with Gasteiger partial charge in [0, 0.05) is 24.0 Å². The van der Waals surface area contributed by atoms with Gasteiger partial charge in [-0.05, 0) is 6.42 Å². The fourth-order valence-corrected chi connectivity index (χ4v) is 1.70. The fraction of sp³-hybridized carbons (Fsp3) is 0.625. The minimum atomic E-state index is -1.24. The van der Waals surface area contributed by atoms with Crippen LogP contribution >= 0.6 is 11.3 Å². The Bertz CT molecular complexity index is 219. The van der Waals surface area contributed by atoms with Crippen molar-refractivity contribution < 1.29 is 4.39 Å². The summed E-state index contributed by atoms with van der Waals surface area (Å²) in [7, 11) is 0. The van der Waals surface area contributed by atoms with E-state index >= 15 is 0 Å². The van der Waals surface area contributed by atoms with Crippen molar-refractivity contribution in [3.63, 3.8) is 0 Å². The second kappa shape index (κ2) is 3.96. The van der Waals surface area contributed by atoms with Crippen molar-refractivity contribution in [2.24, 2.45) is 5.73 Å². The van der Waals surface area contributed by atoms with Crippen molar-refractivity contribution in [1.29, 1.82) is 0 Å². The number of halogens is 1. The lowest BCUT2D eigenvalue weighted by atomic mass is 9.98. The summed E-state index contributed by atoms with van der Waals surface area (Å²) < 4.78 is 13.7. The van der Waals surface area contributed by atoms with Crippen LogP contribution in [-0.2, 0) is 6.42 Å². The van der Waals surface area contributed by atoms with Crippen LogP contribution in [0.5, 0.6) is 0 Å². The molecule has 0 bridgehead atoms. The number of hydrogen-bond acceptors (Lipinski definition) is 3. The quantitative estimate of drug-likeness (QED) is 0.782. The standard InChI is InChI=1S/C8H13FN2S/c1-2-8(9,5-10)3-7-4-11-6-12-7/h4,6H,2-3,5,10H2,1H3. The van der Waals surface area contributed by atoms with Crippen molar-refractivity contribution in [3.05, 3.63) is 16.6 Å². The van der Waals surface area contributed by atoms with Crippen LogP contribution in [0.25, 0.3) is 0 Å². The summed E-state index contributed by atoms with van der Waals surface area (Å²) >= 11 is 1.47. The molecule has 0 spiro atoms. The Morgan fingerprint density at radius 2 is 2.50 bits per heavy atom. The summed E-state index contributed by atoms with van der Waals surface area (Å²) in [5.41, 5.74) is 5.81. The van der Waals surface area contributed by atoms with E-state index in [1.165, 1.54) is 11.3 Å². The van der Waals surface area contributed by atoms with Gasteiger partial charge in [-0.2, -0.15) is 0 Å². The van der Waals surface area contributed by atoms with Crippen LogP contribution in [0, 0.1) is 0 Å². The van der Waals surface area contributed by atoms with Crippen LogP contribution in [0.2, 0.25) is 0 Å². The molecule has 0 aliphatic heterocycles. The van der Waals surface area contributed by atoms with Gasteiger partial charge in [0.25, 0.3) is 0 Å². The van der Waals surface area contributed by atoms with Crippen molar-refractivity contribution in [1.82, 2.24) is 4.98 Å². The Hall–Kier alpha value is -0.480. The molecule has 1 unspecified atom stereocenters. The molecule has 0 saturated carbocycles. The zero-order valence-electron chi connectivity index (χ0n) is 7.09. The first-order valence-corrected chi connectivity index (χ1v) is 4.84. The van der Waals surface area contributed by atoms with Crippen LogP contribution in [-0.4, -0.2) is 17.2 Å². The first kappa shape index (κ1) is 9.61. The lowest BCUT2D eigenvalue weighted by molar-refractivity contribution is 0.168. The Morgan fingerprint density at radius 1 is 1.75 bits per heavy atom. The van der Waals surface area contributed by atoms with E-state index < -0.39 is 5.67 Å². The Labute approximate surface area is 75.6 Å². The highest BCUT2D eigenvalue weighted by molar-refractivity contribution is 7.09. The molecule has 1 rings (SSSR count). The average molecular weight is 188 g/mol. The SMILES string of the molecule is CCC(F)(CN)Cc1cncs1. The monoisotopic (exact) mass is 188 g/mol. The summed E-state index contributed by atoms with van der Waals surface area (Å²) in [6, 6.07) is 0. The number of nitrogens with zero attached hydrogens (tertiary/aromatic N) is 1. The Kier molecular flexibility index (Phi) is 3.17. The van der Waals surface area contributed by atoms with E-state index in [1.54, 1.807) is 11.7 Å². The molecule has 1 aromatic heterocycles. The number of alkyl halides is 1. The summed E-state index contributed by atoms with van der Waals surface area (Å²) in [6.07, 6.45) is 2.55. The predicted molar refractivity (Wildman–Crippen MR) is 49.0 cm³/mol. The molecular weight excluding hydrogens is 175 g/mol. The van der Waals surface area contributed by atoms with E-state index in [0.29, 0.717) is 12.8 Å². The number of thiazole rings is 1. The smallest absolute Gasteiger partial charge is 0.127 e. The third-order valence-corrected chi connectivity index (χ3v) is 2.75. The molecule has 1 atom stereocenters. The van der Waals surface area contributed by atoms with Gasteiger partial charge in [-0.15, -0.1) is 11.3 Å². The lowest BCUT2D eigenvalue weighted by Crippen LogP contribution is -2.34. The molecule has 0 aliphatic rings. The van der Waals surface area contributed by atoms with E-state index in [4.69, 9.17) is 5.73 Å². The molecule has 1 aromatic rings. The molecule has 0 radical (unpaired) electrons. The Morgan fingerprint density at radius 3 is 2.92 bits per heavy atom. The van der Waals surface area contributed by atoms with Gasteiger partial charge < -0.3 is 5.73 Å². The molecule has 2 N–H and O–H groups in total. The maximum Gasteiger partial charge on any atom is 0.127 e. The summed E-state index contributed by atoms with van der Waals surface area (Å²) in [6.45, 7) is 1.90. The lowest BCUT2D eigenvalue weighted by Gasteiger charge is -2.20.